The van der Waals surface area contributed by atoms with Crippen molar-refractivity contribution in [2.24, 2.45) is 29.4 Å². The van der Waals surface area contributed by atoms with E-state index >= 15 is 0 Å². The van der Waals surface area contributed by atoms with Gasteiger partial charge in [0, 0.05) is 24.6 Å². The number of nitrogens with one attached hydrogen (secondary N) is 1. The Morgan fingerprint density at radius 1 is 1.05 bits per heavy atom. The average Bonchev–Trinajstić information content (AvgIpc) is 2.86. The first-order valence-corrected chi connectivity index (χ1v) is 13.0. The molecule has 0 aromatic heterocycles. The summed E-state index contributed by atoms with van der Waals surface area (Å²) in [6.07, 6.45) is -1.33. The molecule has 11 nitrogen and oxygen atoms in total. The lowest BCUT2D eigenvalue weighted by Gasteiger charge is -2.54. The van der Waals surface area contributed by atoms with Crippen molar-refractivity contribution < 1.29 is 39.3 Å². The van der Waals surface area contributed by atoms with Gasteiger partial charge in [-0.1, -0.05) is 18.2 Å². The Morgan fingerprint density at radius 2 is 1.70 bits per heavy atom. The number of anilines is 1. The Balaban J connectivity index is 1.60. The van der Waals surface area contributed by atoms with E-state index < -0.39 is 64.7 Å². The number of nitrogens with two attached hydrogens (primary N) is 1. The lowest BCUT2D eigenvalue weighted by Crippen LogP contribution is -2.75. The Kier molecular flexibility index (Phi) is 6.64. The number of aliphatic hydroxyl groups is 2. The fraction of sp³-hybridized carbons (Fsp3) is 0.414. The van der Waals surface area contributed by atoms with Crippen LogP contribution in [0.25, 0.3) is 11.1 Å². The average molecular weight is 550 g/mol. The third kappa shape index (κ3) is 3.95. The van der Waals surface area contributed by atoms with Gasteiger partial charge in [-0.05, 0) is 67.7 Å². The van der Waals surface area contributed by atoms with Crippen molar-refractivity contribution in [3.05, 3.63) is 47.5 Å². The Morgan fingerprint density at radius 3 is 2.27 bits per heavy atom. The molecule has 5 rings (SSSR count). The maximum atomic E-state index is 13.9. The number of hydrogen-bond donors (Lipinski definition) is 5. The second kappa shape index (κ2) is 9.61. The Hall–Kier alpha value is -3.93. The minimum atomic E-state index is -2.70. The predicted molar refractivity (Wildman–Crippen MR) is 142 cm³/mol. The van der Waals surface area contributed by atoms with E-state index in [1.807, 2.05) is 0 Å². The fourth-order valence-electron chi connectivity index (χ4n) is 7.03. The molecule has 3 unspecified atom stereocenters. The van der Waals surface area contributed by atoms with Crippen LogP contribution in [0, 0.1) is 23.7 Å². The number of primary amides is 1. The highest BCUT2D eigenvalue weighted by Crippen LogP contribution is 2.52. The molecule has 2 aromatic rings. The summed E-state index contributed by atoms with van der Waals surface area (Å²) in [5, 5.41) is 36.1. The Labute approximate surface area is 230 Å². The largest absolute Gasteiger partial charge is 0.507 e. The minimum absolute atomic E-state index is 0.0335. The smallest absolute Gasteiger partial charge is 0.230 e. The van der Waals surface area contributed by atoms with E-state index in [4.69, 9.17) is 5.73 Å². The van der Waals surface area contributed by atoms with Crippen LogP contribution in [0.5, 0.6) is 5.75 Å². The van der Waals surface area contributed by atoms with E-state index in [0.29, 0.717) is 22.4 Å². The van der Waals surface area contributed by atoms with Crippen LogP contribution in [0.15, 0.2) is 36.4 Å². The molecule has 2 saturated carbocycles. The van der Waals surface area contributed by atoms with Crippen molar-refractivity contribution >= 4 is 34.9 Å². The van der Waals surface area contributed by atoms with Crippen LogP contribution in [0.2, 0.25) is 0 Å². The molecule has 0 saturated heterocycles. The second-order valence-electron chi connectivity index (χ2n) is 11.2. The van der Waals surface area contributed by atoms with Gasteiger partial charge < -0.3 is 31.3 Å². The zero-order valence-corrected chi connectivity index (χ0v) is 22.2. The molecule has 11 heteroatoms. The number of likely N-dealkylation sites (N-methyl/N-ethyl adjacent to an activating group) is 1. The van der Waals surface area contributed by atoms with Gasteiger partial charge >= 0.3 is 0 Å². The Bertz CT molecular complexity index is 1450. The number of amides is 2. The molecule has 40 heavy (non-hydrogen) atoms. The van der Waals surface area contributed by atoms with Crippen LogP contribution in [-0.4, -0.2) is 81.2 Å². The number of phenols is 1. The zero-order chi connectivity index (χ0) is 29.3. The summed E-state index contributed by atoms with van der Waals surface area (Å²) in [5.74, 6) is -9.65. The van der Waals surface area contributed by atoms with Crippen LogP contribution < -0.4 is 11.1 Å². The highest BCUT2D eigenvalue weighted by Gasteiger charge is 2.69. The quantitative estimate of drug-likeness (QED) is 0.334. The number of benzene rings is 2. The molecule has 0 spiro atoms. The van der Waals surface area contributed by atoms with Gasteiger partial charge in [0.1, 0.15) is 11.7 Å². The maximum Gasteiger partial charge on any atom is 0.230 e. The van der Waals surface area contributed by atoms with E-state index in [1.54, 1.807) is 49.3 Å². The third-order valence-electron chi connectivity index (χ3n) is 8.69. The molecule has 7 atom stereocenters. The lowest BCUT2D eigenvalue weighted by molar-refractivity contribution is -0.190. The molecular weight excluding hydrogens is 518 g/mol. The van der Waals surface area contributed by atoms with Crippen molar-refractivity contribution in [1.82, 2.24) is 4.90 Å². The van der Waals surface area contributed by atoms with Crippen LogP contribution in [-0.2, 0) is 25.6 Å². The molecule has 0 aliphatic heterocycles. The normalized spacial score (nSPS) is 31.3. The van der Waals surface area contributed by atoms with Crippen molar-refractivity contribution in [3.63, 3.8) is 0 Å². The van der Waals surface area contributed by atoms with Gasteiger partial charge in [0.05, 0.1) is 17.6 Å². The van der Waals surface area contributed by atoms with Crippen LogP contribution in [0.4, 0.5) is 5.69 Å². The second-order valence-corrected chi connectivity index (χ2v) is 11.2. The number of aliphatic hydroxyl groups excluding tert-OH is 1. The topological polar surface area (TPSA) is 187 Å². The highest BCUT2D eigenvalue weighted by atomic mass is 16.3. The first-order chi connectivity index (χ1) is 18.8. The molecule has 0 radical (unpaired) electrons. The van der Waals surface area contributed by atoms with E-state index in [0.717, 1.165) is 0 Å². The fourth-order valence-corrected chi connectivity index (χ4v) is 7.03. The van der Waals surface area contributed by atoms with E-state index in [9.17, 15) is 39.3 Å². The standard InChI is InChI=1S/C29H31N3O8/c1-12(33)31-15-6-4-13(5-7-15)16-8-9-19(34)21-17(16)10-14-11-18-23(32(2)3)25(36)22(28(30)39)27(38)29(18,40)26(37)20(14)24(21)35/h4-9,14,18,20,22-23,25,34,36,40H,10-11H2,1-3H3,(H2,30,39)(H,31,33)/t14-,18-,20?,22?,23-,25?,29-/m1/s1. The van der Waals surface area contributed by atoms with Crippen molar-refractivity contribution in [3.8, 4) is 16.9 Å². The van der Waals surface area contributed by atoms with Gasteiger partial charge in [-0.2, -0.15) is 0 Å². The maximum absolute atomic E-state index is 13.9. The monoisotopic (exact) mass is 549 g/mol. The minimum Gasteiger partial charge on any atom is -0.507 e. The first kappa shape index (κ1) is 27.6. The molecule has 210 valence electrons. The summed E-state index contributed by atoms with van der Waals surface area (Å²) < 4.78 is 0. The summed E-state index contributed by atoms with van der Waals surface area (Å²) in [5.41, 5.74) is 5.12. The number of carbonyl (C=O) groups is 5. The number of fused-ring (bicyclic) bond motifs is 3. The number of hydrogen-bond acceptors (Lipinski definition) is 9. The number of Topliss-reactive ketones (excluding diaryl/α,β-unsaturated/α-hetero) is 3. The van der Waals surface area contributed by atoms with E-state index in [1.165, 1.54) is 13.0 Å². The van der Waals surface area contributed by atoms with E-state index in [-0.39, 0.29) is 30.1 Å². The molecule has 0 heterocycles. The number of aromatic hydroxyl groups is 1. The number of phenolic OH excluding ortho intramolecular Hbond substituents is 1. The summed E-state index contributed by atoms with van der Waals surface area (Å²) in [4.78, 5) is 66.3. The van der Waals surface area contributed by atoms with Crippen molar-refractivity contribution in [1.29, 1.82) is 0 Å². The summed E-state index contributed by atoms with van der Waals surface area (Å²) in [7, 11) is 3.20. The van der Waals surface area contributed by atoms with Gasteiger partial charge in [-0.3, -0.25) is 24.0 Å². The molecule has 6 N–H and O–H groups in total. The van der Waals surface area contributed by atoms with Crippen molar-refractivity contribution in [2.75, 3.05) is 19.4 Å². The molecule has 3 aliphatic carbocycles. The van der Waals surface area contributed by atoms with Crippen LogP contribution in [0.1, 0.15) is 29.3 Å². The first-order valence-electron chi connectivity index (χ1n) is 13.0. The number of nitrogens with zero attached hydrogens (tertiary/aromatic N) is 1. The summed E-state index contributed by atoms with van der Waals surface area (Å²) in [6.45, 7) is 1.40. The predicted octanol–water partition coefficient (Wildman–Crippen LogP) is 0.284. The lowest BCUT2D eigenvalue weighted by atomic mass is 9.52. The summed E-state index contributed by atoms with van der Waals surface area (Å²) >= 11 is 0. The number of ketones is 3. The number of rotatable bonds is 4. The summed E-state index contributed by atoms with van der Waals surface area (Å²) in [6, 6.07) is 9.00. The molecule has 2 aromatic carbocycles. The molecule has 2 fully saturated rings. The molecule has 0 bridgehead atoms. The molecule has 2 amide bonds. The van der Waals surface area contributed by atoms with Gasteiger partial charge in [0.25, 0.3) is 0 Å². The zero-order valence-electron chi connectivity index (χ0n) is 22.2. The van der Waals surface area contributed by atoms with E-state index in [2.05, 4.69) is 5.32 Å². The number of carbonyl (C=O) groups excluding carboxylic acids is 5. The van der Waals surface area contributed by atoms with Crippen LogP contribution in [0.3, 0.4) is 0 Å². The third-order valence-corrected chi connectivity index (χ3v) is 8.69. The molecule has 3 aliphatic rings. The van der Waals surface area contributed by atoms with Gasteiger partial charge in [-0.25, -0.2) is 0 Å². The van der Waals surface area contributed by atoms with Crippen molar-refractivity contribution in [2.45, 2.75) is 37.5 Å². The highest BCUT2D eigenvalue weighted by molar-refractivity contribution is 6.25. The van der Waals surface area contributed by atoms with Gasteiger partial charge in [0.2, 0.25) is 11.8 Å². The molecular formula is C29H31N3O8. The van der Waals surface area contributed by atoms with Gasteiger partial charge in [0.15, 0.2) is 23.0 Å². The van der Waals surface area contributed by atoms with Gasteiger partial charge in [-0.15, -0.1) is 0 Å². The van der Waals surface area contributed by atoms with Crippen LogP contribution >= 0.6 is 0 Å². The SMILES string of the molecule is CC(=O)Nc1ccc(-c2ccc(O)c3c2C[C@@H]2C[C@@H]4[C@@H](N(C)C)C(O)C(C(N)=O)C(=O)[C@]4(O)C(=O)C2C3=O)cc1.